The van der Waals surface area contributed by atoms with Crippen LogP contribution < -0.4 is 15.6 Å². The third-order valence-electron chi connectivity index (χ3n) is 9.04. The number of anilines is 2. The van der Waals surface area contributed by atoms with Crippen LogP contribution in [-0.4, -0.2) is 76.8 Å². The highest BCUT2D eigenvalue weighted by molar-refractivity contribution is 6.20. The van der Waals surface area contributed by atoms with E-state index in [0.717, 1.165) is 31.7 Å². The monoisotopic (exact) mass is 594 g/mol. The summed E-state index contributed by atoms with van der Waals surface area (Å²) >= 11 is 0. The molecule has 1 aromatic carbocycles. The highest BCUT2D eigenvalue weighted by Crippen LogP contribution is 2.47. The molecule has 44 heavy (non-hydrogen) atoms. The molecule has 0 spiro atoms. The second kappa shape index (κ2) is 10.3. The van der Waals surface area contributed by atoms with E-state index in [1.54, 1.807) is 44.0 Å². The molecule has 2 atom stereocenters. The van der Waals surface area contributed by atoms with Gasteiger partial charge in [-0.3, -0.25) is 4.79 Å². The Morgan fingerprint density at radius 1 is 1.23 bits per heavy atom. The van der Waals surface area contributed by atoms with Crippen LogP contribution in [0.15, 0.2) is 35.5 Å². The number of H-pyrrole nitrogens is 1. The molecular weight excluding hydrogens is 563 g/mol. The number of hydrogen-bond acceptors (Lipinski definition) is 9. The lowest BCUT2D eigenvalue weighted by Crippen LogP contribution is -2.35. The molecule has 0 unspecified atom stereocenters. The van der Waals surface area contributed by atoms with E-state index in [9.17, 15) is 14.9 Å². The number of benzene rings is 1. The number of nitrogens with one attached hydrogen (secondary N) is 2. The first-order chi connectivity index (χ1) is 21.2. The topological polar surface area (TPSA) is 132 Å². The van der Waals surface area contributed by atoms with E-state index in [-0.39, 0.29) is 29.2 Å². The Labute approximate surface area is 251 Å². The first-order valence-corrected chi connectivity index (χ1v) is 14.6. The molecule has 0 amide bonds. The predicted octanol–water partition coefficient (Wildman–Crippen LogP) is 4.00. The van der Waals surface area contributed by atoms with Crippen LogP contribution >= 0.6 is 0 Å². The van der Waals surface area contributed by atoms with E-state index in [2.05, 4.69) is 38.2 Å². The van der Waals surface area contributed by atoms with Gasteiger partial charge < -0.3 is 29.4 Å². The number of nitriles is 1. The van der Waals surface area contributed by atoms with Crippen molar-refractivity contribution in [1.29, 1.82) is 5.26 Å². The summed E-state index contributed by atoms with van der Waals surface area (Å²) in [5, 5.41) is 14.5. The number of aromatic nitrogens is 4. The summed E-state index contributed by atoms with van der Waals surface area (Å²) in [7, 11) is 5.54. The molecule has 0 bridgehead atoms. The van der Waals surface area contributed by atoms with Gasteiger partial charge in [-0.05, 0) is 32.4 Å². The first-order valence-electron chi connectivity index (χ1n) is 14.6. The lowest BCUT2D eigenvalue weighted by atomic mass is 9.98. The largest absolute Gasteiger partial charge is 0.462 e. The van der Waals surface area contributed by atoms with Crippen LogP contribution in [0, 0.1) is 23.1 Å². The lowest BCUT2D eigenvalue weighted by molar-refractivity contribution is 0.0524. The molecule has 2 aliphatic rings. The maximum Gasteiger partial charge on any atom is 0.343 e. The van der Waals surface area contributed by atoms with Crippen molar-refractivity contribution in [3.05, 3.63) is 57.9 Å². The number of aromatic amines is 1. The molecule has 0 radical (unpaired) electrons. The van der Waals surface area contributed by atoms with Gasteiger partial charge in [0.1, 0.15) is 28.7 Å². The maximum atomic E-state index is 15.4. The van der Waals surface area contributed by atoms with E-state index in [1.807, 2.05) is 0 Å². The second-order valence-electron chi connectivity index (χ2n) is 11.6. The normalized spacial score (nSPS) is 18.3. The van der Waals surface area contributed by atoms with Gasteiger partial charge in [0.25, 0.3) is 0 Å². The number of aryl methyl sites for hydroxylation is 1. The SMILES string of the molecule is CCOC(=O)c1cn(C)c2ncc(-c3cnc4[nH]c5c(NC)cc(F)c(C#N)c5c4c3N3CC[C@H]4CN(C)C[C@H]43)cc2c1=O. The molecule has 224 valence electrons. The van der Waals surface area contributed by atoms with Crippen molar-refractivity contribution in [1.82, 2.24) is 24.4 Å². The first kappa shape index (κ1) is 27.8. The molecule has 7 rings (SSSR count). The number of rotatable bonds is 5. The van der Waals surface area contributed by atoms with Crippen LogP contribution in [0.2, 0.25) is 0 Å². The maximum absolute atomic E-state index is 15.4. The van der Waals surface area contributed by atoms with E-state index < -0.39 is 17.2 Å². The third kappa shape index (κ3) is 4.03. The fourth-order valence-electron chi connectivity index (χ4n) is 7.11. The molecule has 4 aromatic heterocycles. The van der Waals surface area contributed by atoms with Gasteiger partial charge in [0.15, 0.2) is 0 Å². The summed E-state index contributed by atoms with van der Waals surface area (Å²) < 4.78 is 22.2. The zero-order chi connectivity index (χ0) is 30.9. The van der Waals surface area contributed by atoms with Crippen molar-refractivity contribution in [2.24, 2.45) is 13.0 Å². The van der Waals surface area contributed by atoms with Gasteiger partial charge in [-0.25, -0.2) is 19.2 Å². The van der Waals surface area contributed by atoms with Crippen LogP contribution in [0.3, 0.4) is 0 Å². The molecule has 2 aliphatic heterocycles. The Morgan fingerprint density at radius 3 is 2.80 bits per heavy atom. The minimum atomic E-state index is -0.692. The summed E-state index contributed by atoms with van der Waals surface area (Å²) in [4.78, 5) is 43.6. The molecular formula is C32H31FN8O3. The average Bonchev–Trinajstić information content (AvgIpc) is 3.70. The molecule has 2 fully saturated rings. The zero-order valence-electron chi connectivity index (χ0n) is 24.9. The minimum absolute atomic E-state index is 0.0608. The number of carbonyl (C=O) groups is 1. The number of esters is 1. The molecule has 2 saturated heterocycles. The number of likely N-dealkylation sites (tertiary alicyclic amines) is 1. The Kier molecular flexibility index (Phi) is 6.51. The standard InChI is InChI=1S/C32H31FN8O3/c1-5-44-32(43)21-14-40(4)31-18(29(21)42)8-17(11-37-31)20-12-36-30-26(28(20)41-7-6-16-13-39(3)15-24(16)41)25-19(10-34)22(33)9-23(35-2)27(25)38-30/h8-9,11-12,14,16,24,35H,5-7,13,15H2,1-4H3,(H,36,38)/t16-,24+/m0/s1. The predicted molar refractivity (Wildman–Crippen MR) is 166 cm³/mol. The Bertz CT molecular complexity index is 2110. The van der Waals surface area contributed by atoms with Crippen LogP contribution in [-0.2, 0) is 11.8 Å². The summed E-state index contributed by atoms with van der Waals surface area (Å²) in [6, 6.07) is 5.34. The summed E-state index contributed by atoms with van der Waals surface area (Å²) in [6.07, 6.45) is 5.86. The molecule has 5 aromatic rings. The molecule has 6 heterocycles. The van der Waals surface area contributed by atoms with Gasteiger partial charge in [0, 0.05) is 80.9 Å². The van der Waals surface area contributed by atoms with Gasteiger partial charge >= 0.3 is 5.97 Å². The number of pyridine rings is 3. The third-order valence-corrected chi connectivity index (χ3v) is 9.04. The van der Waals surface area contributed by atoms with Crippen LogP contribution in [0.5, 0.6) is 0 Å². The van der Waals surface area contributed by atoms with Gasteiger partial charge in [0.2, 0.25) is 5.43 Å². The number of ether oxygens (including phenoxy) is 1. The van der Waals surface area contributed by atoms with Gasteiger partial charge in [-0.15, -0.1) is 0 Å². The van der Waals surface area contributed by atoms with Crippen molar-refractivity contribution in [3.8, 4) is 17.2 Å². The smallest absolute Gasteiger partial charge is 0.343 e. The quantitative estimate of drug-likeness (QED) is 0.290. The average molecular weight is 595 g/mol. The zero-order valence-corrected chi connectivity index (χ0v) is 24.9. The van der Waals surface area contributed by atoms with Crippen molar-refractivity contribution >= 4 is 50.3 Å². The van der Waals surface area contributed by atoms with Gasteiger partial charge in [-0.1, -0.05) is 0 Å². The number of fused-ring (bicyclic) bond motifs is 5. The van der Waals surface area contributed by atoms with E-state index >= 15 is 4.39 Å². The molecule has 0 aliphatic carbocycles. The fraction of sp³-hybridized carbons (Fsp3) is 0.344. The van der Waals surface area contributed by atoms with Gasteiger partial charge in [-0.2, -0.15) is 5.26 Å². The van der Waals surface area contributed by atoms with Crippen LogP contribution in [0.25, 0.3) is 44.1 Å². The van der Waals surface area contributed by atoms with Crippen molar-refractivity contribution < 1.29 is 13.9 Å². The Morgan fingerprint density at radius 2 is 2.05 bits per heavy atom. The number of likely N-dealkylation sites (N-methyl/N-ethyl adjacent to an activating group) is 1. The summed E-state index contributed by atoms with van der Waals surface area (Å²) in [6.45, 7) is 4.44. The second-order valence-corrected chi connectivity index (χ2v) is 11.6. The number of carbonyl (C=O) groups excluding carboxylic acids is 1. The molecule has 2 N–H and O–H groups in total. The van der Waals surface area contributed by atoms with Crippen molar-refractivity contribution in [3.63, 3.8) is 0 Å². The highest BCUT2D eigenvalue weighted by Gasteiger charge is 2.42. The van der Waals surface area contributed by atoms with E-state index in [4.69, 9.17) is 9.72 Å². The van der Waals surface area contributed by atoms with Crippen molar-refractivity contribution in [2.45, 2.75) is 19.4 Å². The van der Waals surface area contributed by atoms with Crippen LogP contribution in [0.4, 0.5) is 15.8 Å². The molecule has 12 heteroatoms. The van der Waals surface area contributed by atoms with Gasteiger partial charge in [0.05, 0.1) is 39.8 Å². The number of nitrogens with zero attached hydrogens (tertiary/aromatic N) is 6. The molecule has 0 saturated carbocycles. The Hall–Kier alpha value is -5.02. The lowest BCUT2D eigenvalue weighted by Gasteiger charge is -2.29. The summed E-state index contributed by atoms with van der Waals surface area (Å²) in [5.41, 5.74) is 3.58. The Balaban J connectivity index is 1.56. The van der Waals surface area contributed by atoms with E-state index in [1.165, 1.54) is 12.3 Å². The van der Waals surface area contributed by atoms with E-state index in [0.29, 0.717) is 50.3 Å². The minimum Gasteiger partial charge on any atom is -0.462 e. The number of hydrogen-bond donors (Lipinski definition) is 2. The van der Waals surface area contributed by atoms with Crippen molar-refractivity contribution in [2.75, 3.05) is 50.6 Å². The fourth-order valence-corrected chi connectivity index (χ4v) is 7.11. The van der Waals surface area contributed by atoms with Crippen LogP contribution in [0.1, 0.15) is 29.3 Å². The number of halogens is 1. The molecule has 11 nitrogen and oxygen atoms in total. The highest BCUT2D eigenvalue weighted by atomic mass is 19.1. The summed E-state index contributed by atoms with van der Waals surface area (Å²) in [5.74, 6) is -0.859.